The molecule has 1 saturated heterocycles. The highest BCUT2D eigenvalue weighted by Crippen LogP contribution is 2.23. The molecule has 5 rings (SSSR count). The largest absolute Gasteiger partial charge is 0.494 e. The first-order valence-corrected chi connectivity index (χ1v) is 12.5. The van der Waals surface area contributed by atoms with Gasteiger partial charge in [0.1, 0.15) is 17.9 Å². The molecule has 176 valence electrons. The Kier molecular flexibility index (Phi) is 7.52. The third-order valence-electron chi connectivity index (χ3n) is 5.79. The average molecular weight is 570 g/mol. The van der Waals surface area contributed by atoms with Gasteiger partial charge >= 0.3 is 0 Å². The summed E-state index contributed by atoms with van der Waals surface area (Å²) in [6.45, 7) is 6.14. The Balaban J connectivity index is 1.16. The topological polar surface area (TPSA) is 77.3 Å². The lowest BCUT2D eigenvalue weighted by Crippen LogP contribution is -2.37. The minimum atomic E-state index is 0.651. The van der Waals surface area contributed by atoms with Crippen LogP contribution in [0.25, 0.3) is 16.7 Å². The van der Waals surface area contributed by atoms with Crippen molar-refractivity contribution < 1.29 is 9.47 Å². The van der Waals surface area contributed by atoms with Gasteiger partial charge in [0.15, 0.2) is 5.65 Å². The predicted molar refractivity (Wildman–Crippen MR) is 141 cm³/mol. The summed E-state index contributed by atoms with van der Waals surface area (Å²) in [6, 6.07) is 16.4. The minimum Gasteiger partial charge on any atom is -0.494 e. The van der Waals surface area contributed by atoms with Gasteiger partial charge in [0.2, 0.25) is 0 Å². The van der Waals surface area contributed by atoms with Crippen LogP contribution in [0.1, 0.15) is 12.0 Å². The second-order valence-electron chi connectivity index (χ2n) is 8.15. The fraction of sp³-hybridized carbons (Fsp3) is 0.320. The van der Waals surface area contributed by atoms with E-state index < -0.39 is 0 Å². The van der Waals surface area contributed by atoms with Gasteiger partial charge in [-0.25, -0.2) is 14.6 Å². The fourth-order valence-corrected chi connectivity index (χ4v) is 4.50. The zero-order valence-corrected chi connectivity index (χ0v) is 21.0. The molecule has 4 aromatic rings. The number of hydrogen-bond donors (Lipinski definition) is 1. The number of rotatable bonds is 9. The van der Waals surface area contributed by atoms with E-state index in [-0.39, 0.29) is 0 Å². The number of hydrogen-bond acceptors (Lipinski definition) is 7. The maximum absolute atomic E-state index is 5.92. The van der Waals surface area contributed by atoms with Crippen molar-refractivity contribution in [3.8, 4) is 11.4 Å². The summed E-state index contributed by atoms with van der Waals surface area (Å²) in [5, 5.41) is 8.86. The van der Waals surface area contributed by atoms with Crippen LogP contribution in [0.2, 0.25) is 0 Å². The van der Waals surface area contributed by atoms with E-state index in [9.17, 15) is 0 Å². The Labute approximate surface area is 212 Å². The van der Waals surface area contributed by atoms with Crippen LogP contribution in [0.15, 0.2) is 61.1 Å². The van der Waals surface area contributed by atoms with Gasteiger partial charge in [-0.05, 0) is 64.9 Å². The van der Waals surface area contributed by atoms with Crippen LogP contribution in [-0.4, -0.2) is 64.1 Å². The van der Waals surface area contributed by atoms with E-state index in [2.05, 4.69) is 72.1 Å². The Morgan fingerprint density at radius 3 is 2.74 bits per heavy atom. The molecule has 1 N–H and O–H groups in total. The molecule has 3 heterocycles. The van der Waals surface area contributed by atoms with Crippen molar-refractivity contribution in [1.29, 1.82) is 0 Å². The lowest BCUT2D eigenvalue weighted by atomic mass is 10.2. The number of nitrogens with zero attached hydrogens (tertiary/aromatic N) is 5. The van der Waals surface area contributed by atoms with E-state index in [1.165, 1.54) is 0 Å². The van der Waals surface area contributed by atoms with E-state index in [0.29, 0.717) is 6.54 Å². The highest BCUT2D eigenvalue weighted by molar-refractivity contribution is 14.1. The molecule has 34 heavy (non-hydrogen) atoms. The second-order valence-corrected chi connectivity index (χ2v) is 9.39. The summed E-state index contributed by atoms with van der Waals surface area (Å²) in [7, 11) is 0. The van der Waals surface area contributed by atoms with Gasteiger partial charge in [-0.3, -0.25) is 4.90 Å². The van der Waals surface area contributed by atoms with E-state index in [1.54, 1.807) is 6.33 Å². The van der Waals surface area contributed by atoms with Gasteiger partial charge in [0.05, 0.1) is 37.1 Å². The van der Waals surface area contributed by atoms with Crippen LogP contribution < -0.4 is 10.1 Å². The number of morpholine rings is 1. The van der Waals surface area contributed by atoms with Crippen LogP contribution in [0, 0.1) is 3.57 Å². The summed E-state index contributed by atoms with van der Waals surface area (Å²) >= 11 is 2.30. The first-order chi connectivity index (χ1) is 16.8. The number of benzene rings is 2. The molecule has 2 aromatic carbocycles. The van der Waals surface area contributed by atoms with Crippen molar-refractivity contribution in [2.24, 2.45) is 0 Å². The smallest absolute Gasteiger partial charge is 0.168 e. The van der Waals surface area contributed by atoms with Crippen molar-refractivity contribution in [2.45, 2.75) is 13.0 Å². The SMILES string of the molecule is Ic1cccc(-n2ncc3c(NCc4ccc(OCCCN5CCOCC5)cc4)ncnc32)c1. The maximum Gasteiger partial charge on any atom is 0.168 e. The Hall–Kier alpha value is -2.76. The van der Waals surface area contributed by atoms with E-state index in [0.717, 1.165) is 83.3 Å². The average Bonchev–Trinajstić information content (AvgIpc) is 3.32. The van der Waals surface area contributed by atoms with Crippen LogP contribution >= 0.6 is 22.6 Å². The van der Waals surface area contributed by atoms with E-state index in [4.69, 9.17) is 9.47 Å². The molecule has 0 unspecified atom stereocenters. The number of anilines is 1. The standard InChI is InChI=1S/C25H27IN6O2/c26-20-3-1-4-21(15-20)32-25-23(17-30-32)24(28-18-29-25)27-16-19-5-7-22(8-6-19)34-12-2-9-31-10-13-33-14-11-31/h1,3-8,15,17-18H,2,9-14,16H2,(H,27,28,29). The van der Waals surface area contributed by atoms with Gasteiger partial charge in [0, 0.05) is 29.7 Å². The van der Waals surface area contributed by atoms with E-state index >= 15 is 0 Å². The minimum absolute atomic E-state index is 0.651. The van der Waals surface area contributed by atoms with Gasteiger partial charge in [-0.2, -0.15) is 5.10 Å². The van der Waals surface area contributed by atoms with E-state index in [1.807, 2.05) is 35.1 Å². The quantitative estimate of drug-likeness (QED) is 0.240. The van der Waals surface area contributed by atoms with Crippen molar-refractivity contribution >= 4 is 39.4 Å². The third kappa shape index (κ3) is 5.65. The zero-order valence-electron chi connectivity index (χ0n) is 18.9. The lowest BCUT2D eigenvalue weighted by molar-refractivity contribution is 0.0358. The summed E-state index contributed by atoms with van der Waals surface area (Å²) < 4.78 is 14.3. The fourth-order valence-electron chi connectivity index (χ4n) is 3.97. The first-order valence-electron chi connectivity index (χ1n) is 11.5. The highest BCUT2D eigenvalue weighted by Gasteiger charge is 2.12. The maximum atomic E-state index is 5.92. The third-order valence-corrected chi connectivity index (χ3v) is 6.46. The van der Waals surface area contributed by atoms with Crippen LogP contribution in [0.5, 0.6) is 5.75 Å². The van der Waals surface area contributed by atoms with Gasteiger partial charge in [-0.15, -0.1) is 0 Å². The molecule has 0 atom stereocenters. The van der Waals surface area contributed by atoms with Gasteiger partial charge in [-0.1, -0.05) is 18.2 Å². The zero-order chi connectivity index (χ0) is 23.2. The normalized spacial score (nSPS) is 14.4. The molecular formula is C25H27IN6O2. The lowest BCUT2D eigenvalue weighted by Gasteiger charge is -2.26. The molecule has 1 aliphatic heterocycles. The van der Waals surface area contributed by atoms with Crippen LogP contribution in [0.4, 0.5) is 5.82 Å². The summed E-state index contributed by atoms with van der Waals surface area (Å²) in [5.41, 5.74) is 2.91. The summed E-state index contributed by atoms with van der Waals surface area (Å²) in [4.78, 5) is 11.3. The molecule has 0 amide bonds. The molecule has 0 spiro atoms. The number of nitrogens with one attached hydrogen (secondary N) is 1. The predicted octanol–water partition coefficient (Wildman–Crippen LogP) is 4.13. The number of aromatic nitrogens is 4. The van der Waals surface area contributed by atoms with Crippen molar-refractivity contribution in [3.63, 3.8) is 0 Å². The molecule has 1 aliphatic rings. The monoisotopic (exact) mass is 570 g/mol. The Morgan fingerprint density at radius 1 is 1.06 bits per heavy atom. The van der Waals surface area contributed by atoms with Crippen LogP contribution in [0.3, 0.4) is 0 Å². The molecule has 0 radical (unpaired) electrons. The number of ether oxygens (including phenoxy) is 2. The molecule has 8 nitrogen and oxygen atoms in total. The molecule has 0 saturated carbocycles. The number of fused-ring (bicyclic) bond motifs is 1. The number of halogens is 1. The summed E-state index contributed by atoms with van der Waals surface area (Å²) in [6.07, 6.45) is 4.40. The molecular weight excluding hydrogens is 543 g/mol. The molecule has 2 aromatic heterocycles. The summed E-state index contributed by atoms with van der Waals surface area (Å²) in [5.74, 6) is 1.67. The molecule has 0 aliphatic carbocycles. The molecule has 0 bridgehead atoms. The van der Waals surface area contributed by atoms with Crippen molar-refractivity contribution in [3.05, 3.63) is 70.2 Å². The first kappa shape index (κ1) is 23.0. The van der Waals surface area contributed by atoms with Crippen molar-refractivity contribution in [1.82, 2.24) is 24.6 Å². The Bertz CT molecular complexity index is 1220. The van der Waals surface area contributed by atoms with Gasteiger partial charge < -0.3 is 14.8 Å². The highest BCUT2D eigenvalue weighted by atomic mass is 127. The molecule has 1 fully saturated rings. The Morgan fingerprint density at radius 2 is 1.91 bits per heavy atom. The van der Waals surface area contributed by atoms with Crippen LogP contribution in [-0.2, 0) is 11.3 Å². The van der Waals surface area contributed by atoms with Gasteiger partial charge in [0.25, 0.3) is 0 Å². The second kappa shape index (κ2) is 11.1. The molecule has 9 heteroatoms. The van der Waals surface area contributed by atoms with Crippen molar-refractivity contribution in [2.75, 3.05) is 44.8 Å².